The minimum absolute atomic E-state index is 0.295. The van der Waals surface area contributed by atoms with E-state index in [9.17, 15) is 43.7 Å². The molecule has 142 valence electrons. The molecule has 0 saturated carbocycles. The number of benzene rings is 2. The molecule has 0 radical (unpaired) electrons. The summed E-state index contributed by atoms with van der Waals surface area (Å²) in [4.78, 5) is 8.04. The number of hydrogen-bond donors (Lipinski definition) is 1. The highest BCUT2D eigenvalue weighted by atomic mass is 32.2. The molecule has 0 heterocycles. The lowest BCUT2D eigenvalue weighted by molar-refractivity contribution is -0.114. The lowest BCUT2D eigenvalue weighted by atomic mass is 10.1. The average Bonchev–Trinajstić information content (AvgIpc) is 2.42. The van der Waals surface area contributed by atoms with Crippen molar-refractivity contribution < 1.29 is 43.7 Å². The summed E-state index contributed by atoms with van der Waals surface area (Å²) in [5.74, 6) is -0.804. The Labute approximate surface area is 147 Å². The summed E-state index contributed by atoms with van der Waals surface area (Å²) in [5, 5.41) is 0.981. The van der Waals surface area contributed by atoms with Crippen molar-refractivity contribution in [2.24, 2.45) is 0 Å². The van der Waals surface area contributed by atoms with E-state index in [2.05, 4.69) is 5.32 Å². The van der Waals surface area contributed by atoms with E-state index in [1.807, 2.05) is 0 Å². The van der Waals surface area contributed by atoms with Gasteiger partial charge in [0.15, 0.2) is 0 Å². The zero-order valence-corrected chi connectivity index (χ0v) is 15.1. The second kappa shape index (κ2) is 6.26. The van der Waals surface area contributed by atoms with Crippen molar-refractivity contribution in [3.63, 3.8) is 0 Å². The molecule has 0 fully saturated rings. The van der Waals surface area contributed by atoms with Gasteiger partial charge < -0.3 is 19.0 Å². The second-order valence-corrected chi connectivity index (χ2v) is 9.14. The zero-order chi connectivity index (χ0) is 20.1. The largest absolute Gasteiger partial charge is 0.744 e. The fraction of sp³-hybridized carbons (Fsp3) is 0.0833. The van der Waals surface area contributed by atoms with Gasteiger partial charge in [0.2, 0.25) is 5.91 Å². The first kappa shape index (κ1) is 20.2. The number of carbonyl (C=O) groups is 1. The Kier molecular flexibility index (Phi) is 4.86. The van der Waals surface area contributed by atoms with Gasteiger partial charge in [-0.25, -0.2) is 25.3 Å². The maximum atomic E-state index is 11.5. The minimum atomic E-state index is -5.35. The lowest BCUT2D eigenvalue weighted by Gasteiger charge is -2.19. The summed E-state index contributed by atoms with van der Waals surface area (Å²) < 4.78 is 102. The number of nitrogens with one attached hydrogen (secondary N) is 1. The number of amides is 1. The maximum absolute atomic E-state index is 11.5. The van der Waals surface area contributed by atoms with E-state index >= 15 is 0 Å². The molecule has 14 heteroatoms. The van der Waals surface area contributed by atoms with E-state index in [0.717, 1.165) is 6.92 Å². The summed E-state index contributed by atoms with van der Waals surface area (Å²) in [7, 11) is -15.7. The standard InChI is InChI=1S/C12H11NO10S3/c1-6(14)13-10-4-8(24(15,16)17)2-7-3-9(25(18,19)20)5-11(12(7)10)26(21,22)23/h2-5H,1H3,(H,13,14)(H,15,16,17)(H,18,19,20)(H,21,22,23)/p-3. The van der Waals surface area contributed by atoms with E-state index in [1.54, 1.807) is 0 Å². The van der Waals surface area contributed by atoms with Gasteiger partial charge in [-0.3, -0.25) is 4.79 Å². The van der Waals surface area contributed by atoms with Gasteiger partial charge in [0.1, 0.15) is 30.4 Å². The predicted octanol–water partition coefficient (Wildman–Crippen LogP) is -0.489. The Morgan fingerprint density at radius 1 is 0.808 bits per heavy atom. The molecule has 2 aromatic rings. The number of anilines is 1. The topological polar surface area (TPSA) is 201 Å². The summed E-state index contributed by atoms with van der Waals surface area (Å²) in [6.07, 6.45) is 0. The Morgan fingerprint density at radius 2 is 1.27 bits per heavy atom. The quantitative estimate of drug-likeness (QED) is 0.626. The summed E-state index contributed by atoms with van der Waals surface area (Å²) in [5.41, 5.74) is -0.534. The lowest BCUT2D eigenvalue weighted by Crippen LogP contribution is -2.11. The monoisotopic (exact) mass is 422 g/mol. The first-order valence-electron chi connectivity index (χ1n) is 6.38. The normalized spacial score (nSPS) is 12.9. The van der Waals surface area contributed by atoms with Crippen LogP contribution < -0.4 is 5.32 Å². The number of fused-ring (bicyclic) bond motifs is 1. The van der Waals surface area contributed by atoms with Gasteiger partial charge in [-0.05, 0) is 29.7 Å². The molecule has 0 aromatic heterocycles. The van der Waals surface area contributed by atoms with Crippen LogP contribution in [-0.4, -0.2) is 44.8 Å². The Hall–Kier alpha value is -2.10. The van der Waals surface area contributed by atoms with E-state index in [4.69, 9.17) is 0 Å². The highest BCUT2D eigenvalue weighted by Gasteiger charge is 2.19. The fourth-order valence-corrected chi connectivity index (χ4v) is 4.09. The van der Waals surface area contributed by atoms with E-state index in [0.29, 0.717) is 24.3 Å². The van der Waals surface area contributed by atoms with Crippen LogP contribution in [0.5, 0.6) is 0 Å². The molecule has 0 atom stereocenters. The molecule has 1 amide bonds. The van der Waals surface area contributed by atoms with E-state index in [1.165, 1.54) is 0 Å². The molecule has 2 aromatic carbocycles. The molecule has 0 aliphatic carbocycles. The Morgan fingerprint density at radius 3 is 1.65 bits per heavy atom. The first-order chi connectivity index (χ1) is 11.6. The van der Waals surface area contributed by atoms with Crippen LogP contribution in [0.2, 0.25) is 0 Å². The van der Waals surface area contributed by atoms with Crippen LogP contribution in [0.4, 0.5) is 5.69 Å². The molecule has 0 bridgehead atoms. The number of rotatable bonds is 4. The SMILES string of the molecule is CC(=O)Nc1cc(S(=O)(=O)[O-])cc2cc(S(=O)(=O)[O-])cc(S(=O)(=O)[O-])c12. The molecular formula is C12H8NO10S3-3. The van der Waals surface area contributed by atoms with Crippen molar-refractivity contribution in [2.75, 3.05) is 5.32 Å². The fourth-order valence-electron chi connectivity index (χ4n) is 2.20. The van der Waals surface area contributed by atoms with Crippen LogP contribution >= 0.6 is 0 Å². The molecule has 26 heavy (non-hydrogen) atoms. The average molecular weight is 422 g/mol. The van der Waals surface area contributed by atoms with Gasteiger partial charge in [-0.1, -0.05) is 0 Å². The molecular weight excluding hydrogens is 414 g/mol. The van der Waals surface area contributed by atoms with Gasteiger partial charge in [-0.15, -0.1) is 0 Å². The van der Waals surface area contributed by atoms with Gasteiger partial charge in [0.25, 0.3) is 0 Å². The highest BCUT2D eigenvalue weighted by molar-refractivity contribution is 7.87. The Balaban J connectivity index is 3.16. The number of carbonyl (C=O) groups excluding carboxylic acids is 1. The third-order valence-corrected chi connectivity index (χ3v) is 5.60. The predicted molar refractivity (Wildman–Crippen MR) is 82.1 cm³/mol. The van der Waals surface area contributed by atoms with Crippen LogP contribution in [0, 0.1) is 0 Å². The molecule has 0 unspecified atom stereocenters. The van der Waals surface area contributed by atoms with Crippen molar-refractivity contribution in [1.82, 2.24) is 0 Å². The molecule has 11 nitrogen and oxygen atoms in total. The number of hydrogen-bond acceptors (Lipinski definition) is 10. The first-order valence-corrected chi connectivity index (χ1v) is 10.6. The van der Waals surface area contributed by atoms with Crippen LogP contribution in [0.15, 0.2) is 39.0 Å². The zero-order valence-electron chi connectivity index (χ0n) is 12.6. The van der Waals surface area contributed by atoms with Crippen LogP contribution in [0.25, 0.3) is 10.8 Å². The van der Waals surface area contributed by atoms with Gasteiger partial charge in [0, 0.05) is 12.3 Å². The molecule has 1 N–H and O–H groups in total. The molecule has 0 aliphatic rings. The minimum Gasteiger partial charge on any atom is -0.744 e. The van der Waals surface area contributed by atoms with Crippen LogP contribution in [0.3, 0.4) is 0 Å². The molecule has 0 spiro atoms. The third kappa shape index (κ3) is 4.17. The molecule has 0 aliphatic heterocycles. The summed E-state index contributed by atoms with van der Waals surface area (Å²) in [6, 6.07) is 2.09. The van der Waals surface area contributed by atoms with Crippen molar-refractivity contribution >= 4 is 52.7 Å². The van der Waals surface area contributed by atoms with Crippen molar-refractivity contribution in [1.29, 1.82) is 0 Å². The Bertz CT molecular complexity index is 1240. The molecule has 0 saturated heterocycles. The van der Waals surface area contributed by atoms with E-state index in [-0.39, 0.29) is 0 Å². The smallest absolute Gasteiger partial charge is 0.221 e. The van der Waals surface area contributed by atoms with Crippen LogP contribution in [0.1, 0.15) is 6.92 Å². The maximum Gasteiger partial charge on any atom is 0.221 e. The van der Waals surface area contributed by atoms with E-state index < -0.39 is 67.4 Å². The summed E-state index contributed by atoms with van der Waals surface area (Å²) in [6.45, 7) is 0.978. The second-order valence-electron chi connectivity index (χ2n) is 5.03. The highest BCUT2D eigenvalue weighted by Crippen LogP contribution is 2.35. The van der Waals surface area contributed by atoms with Crippen LogP contribution in [-0.2, 0) is 35.1 Å². The summed E-state index contributed by atoms with van der Waals surface area (Å²) >= 11 is 0. The van der Waals surface area contributed by atoms with Gasteiger partial charge >= 0.3 is 0 Å². The van der Waals surface area contributed by atoms with Gasteiger partial charge in [0.05, 0.1) is 20.4 Å². The third-order valence-electron chi connectivity index (χ3n) is 3.12. The van der Waals surface area contributed by atoms with Gasteiger partial charge in [-0.2, -0.15) is 0 Å². The molecule has 2 rings (SSSR count). The van der Waals surface area contributed by atoms with Crippen molar-refractivity contribution in [3.8, 4) is 0 Å². The van der Waals surface area contributed by atoms with Crippen molar-refractivity contribution in [3.05, 3.63) is 24.3 Å². The van der Waals surface area contributed by atoms with Crippen molar-refractivity contribution in [2.45, 2.75) is 21.6 Å².